The van der Waals surface area contributed by atoms with E-state index in [-0.39, 0.29) is 0 Å². The molecule has 8 heteroatoms. The summed E-state index contributed by atoms with van der Waals surface area (Å²) in [6.07, 6.45) is 5.96. The molecule has 0 saturated carbocycles. The lowest BCUT2D eigenvalue weighted by Crippen LogP contribution is -2.10. The van der Waals surface area contributed by atoms with Gasteiger partial charge in [-0.2, -0.15) is 10.2 Å². The minimum atomic E-state index is 0.488. The van der Waals surface area contributed by atoms with E-state index in [0.29, 0.717) is 12.4 Å². The second-order valence-corrected chi connectivity index (χ2v) is 4.51. The third kappa shape index (κ3) is 2.31. The van der Waals surface area contributed by atoms with Crippen molar-refractivity contribution in [3.8, 4) is 0 Å². The van der Waals surface area contributed by atoms with Gasteiger partial charge in [-0.1, -0.05) is 6.92 Å². The van der Waals surface area contributed by atoms with Crippen LogP contribution in [-0.2, 0) is 13.6 Å². The highest BCUT2D eigenvalue weighted by molar-refractivity contribution is 5.86. The first-order valence-electron chi connectivity index (χ1n) is 6.53. The topological polar surface area (TPSA) is 86.3 Å². The quantitative estimate of drug-likeness (QED) is 0.740. The molecule has 0 aliphatic carbocycles. The Morgan fingerprint density at radius 1 is 1.25 bits per heavy atom. The van der Waals surface area contributed by atoms with Crippen LogP contribution in [0.3, 0.4) is 0 Å². The Morgan fingerprint density at radius 2 is 2.15 bits per heavy atom. The van der Waals surface area contributed by atoms with Crippen LogP contribution >= 0.6 is 0 Å². The van der Waals surface area contributed by atoms with Gasteiger partial charge in [-0.25, -0.2) is 19.6 Å². The fourth-order valence-corrected chi connectivity index (χ4v) is 1.98. The zero-order valence-corrected chi connectivity index (χ0v) is 11.5. The highest BCUT2D eigenvalue weighted by Gasteiger charge is 2.11. The molecule has 0 bridgehead atoms. The standard InChI is InChI=1S/C12H16N8/c1-3-4-14-11-9-5-15-19(2)12(9)18-10(17-11)6-20-8-13-7-16-20/h5,7-8H,3-4,6H2,1-2H3,(H,14,17,18). The molecule has 3 rings (SSSR count). The largest absolute Gasteiger partial charge is 0.369 e. The van der Waals surface area contributed by atoms with Crippen LogP contribution in [0.1, 0.15) is 19.2 Å². The van der Waals surface area contributed by atoms with Crippen LogP contribution in [0.2, 0.25) is 0 Å². The fraction of sp³-hybridized carbons (Fsp3) is 0.417. The number of nitrogens with zero attached hydrogens (tertiary/aromatic N) is 7. The van der Waals surface area contributed by atoms with Crippen LogP contribution in [0, 0.1) is 0 Å². The molecule has 0 radical (unpaired) electrons. The first-order valence-corrected chi connectivity index (χ1v) is 6.53. The molecule has 3 aromatic rings. The van der Waals surface area contributed by atoms with Gasteiger partial charge in [0.05, 0.1) is 11.6 Å². The molecule has 0 unspecified atom stereocenters. The van der Waals surface area contributed by atoms with E-state index < -0.39 is 0 Å². The van der Waals surface area contributed by atoms with Crippen molar-refractivity contribution in [2.45, 2.75) is 19.9 Å². The van der Waals surface area contributed by atoms with E-state index in [2.05, 4.69) is 37.4 Å². The molecular formula is C12H16N8. The van der Waals surface area contributed by atoms with Crippen molar-refractivity contribution in [3.05, 3.63) is 24.7 Å². The van der Waals surface area contributed by atoms with Gasteiger partial charge in [0.25, 0.3) is 0 Å². The molecule has 20 heavy (non-hydrogen) atoms. The maximum absolute atomic E-state index is 4.56. The number of aromatic nitrogens is 7. The second kappa shape index (κ2) is 5.24. The molecule has 104 valence electrons. The molecular weight excluding hydrogens is 256 g/mol. The molecule has 0 amide bonds. The minimum Gasteiger partial charge on any atom is -0.369 e. The Kier molecular flexibility index (Phi) is 3.28. The van der Waals surface area contributed by atoms with Gasteiger partial charge in [0.15, 0.2) is 11.5 Å². The summed E-state index contributed by atoms with van der Waals surface area (Å²) < 4.78 is 3.44. The van der Waals surface area contributed by atoms with Crippen molar-refractivity contribution in [2.75, 3.05) is 11.9 Å². The Bertz CT molecular complexity index is 700. The van der Waals surface area contributed by atoms with Crippen molar-refractivity contribution in [3.63, 3.8) is 0 Å². The lowest BCUT2D eigenvalue weighted by atomic mass is 10.3. The molecule has 0 atom stereocenters. The van der Waals surface area contributed by atoms with E-state index in [0.717, 1.165) is 29.8 Å². The zero-order valence-electron chi connectivity index (χ0n) is 11.5. The fourth-order valence-electron chi connectivity index (χ4n) is 1.98. The van der Waals surface area contributed by atoms with Crippen LogP contribution in [-0.4, -0.2) is 41.1 Å². The van der Waals surface area contributed by atoms with Crippen molar-refractivity contribution in [1.82, 2.24) is 34.5 Å². The van der Waals surface area contributed by atoms with Gasteiger partial charge in [-0.15, -0.1) is 0 Å². The summed E-state index contributed by atoms with van der Waals surface area (Å²) in [7, 11) is 1.87. The molecule has 0 aliphatic rings. The summed E-state index contributed by atoms with van der Waals surface area (Å²) in [5, 5.41) is 12.6. The minimum absolute atomic E-state index is 0.488. The Balaban J connectivity index is 2.01. The van der Waals surface area contributed by atoms with Crippen LogP contribution in [0.4, 0.5) is 5.82 Å². The van der Waals surface area contributed by atoms with Crippen molar-refractivity contribution >= 4 is 16.9 Å². The first-order chi connectivity index (χ1) is 9.78. The lowest BCUT2D eigenvalue weighted by molar-refractivity contribution is 0.653. The third-order valence-corrected chi connectivity index (χ3v) is 2.95. The van der Waals surface area contributed by atoms with Crippen molar-refractivity contribution < 1.29 is 0 Å². The van der Waals surface area contributed by atoms with Crippen LogP contribution in [0.5, 0.6) is 0 Å². The number of hydrogen-bond donors (Lipinski definition) is 1. The molecule has 8 nitrogen and oxygen atoms in total. The molecule has 0 fully saturated rings. The summed E-state index contributed by atoms with van der Waals surface area (Å²) in [5.41, 5.74) is 0.814. The smallest absolute Gasteiger partial charge is 0.163 e. The molecule has 3 aromatic heterocycles. The maximum Gasteiger partial charge on any atom is 0.163 e. The van der Waals surface area contributed by atoms with Gasteiger partial charge >= 0.3 is 0 Å². The van der Waals surface area contributed by atoms with Crippen LogP contribution in [0.15, 0.2) is 18.9 Å². The zero-order chi connectivity index (χ0) is 13.9. The van der Waals surface area contributed by atoms with E-state index in [4.69, 9.17) is 0 Å². The number of aryl methyl sites for hydroxylation is 1. The van der Waals surface area contributed by atoms with Crippen LogP contribution in [0.25, 0.3) is 11.0 Å². The Labute approximate surface area is 115 Å². The van der Waals surface area contributed by atoms with Gasteiger partial charge in [0.1, 0.15) is 25.0 Å². The molecule has 0 aromatic carbocycles. The highest BCUT2D eigenvalue weighted by Crippen LogP contribution is 2.19. The van der Waals surface area contributed by atoms with E-state index in [1.54, 1.807) is 21.9 Å². The van der Waals surface area contributed by atoms with Crippen molar-refractivity contribution in [2.24, 2.45) is 7.05 Å². The maximum atomic E-state index is 4.56. The first kappa shape index (κ1) is 12.5. The molecule has 0 spiro atoms. The monoisotopic (exact) mass is 272 g/mol. The van der Waals surface area contributed by atoms with Crippen molar-refractivity contribution in [1.29, 1.82) is 0 Å². The molecule has 1 N–H and O–H groups in total. The number of fused-ring (bicyclic) bond motifs is 1. The van der Waals surface area contributed by atoms with Gasteiger partial charge in [-0.3, -0.25) is 4.68 Å². The summed E-state index contributed by atoms with van der Waals surface area (Å²) in [6.45, 7) is 3.47. The summed E-state index contributed by atoms with van der Waals surface area (Å²) in [4.78, 5) is 13.0. The number of nitrogens with one attached hydrogen (secondary N) is 1. The number of anilines is 1. The Hall–Kier alpha value is -2.51. The van der Waals surface area contributed by atoms with Gasteiger partial charge in [0.2, 0.25) is 0 Å². The number of hydrogen-bond acceptors (Lipinski definition) is 6. The predicted molar refractivity (Wildman–Crippen MR) is 74.2 cm³/mol. The number of rotatable bonds is 5. The summed E-state index contributed by atoms with van der Waals surface area (Å²) in [5.74, 6) is 1.50. The van der Waals surface area contributed by atoms with Crippen LogP contribution < -0.4 is 5.32 Å². The third-order valence-electron chi connectivity index (χ3n) is 2.95. The summed E-state index contributed by atoms with van der Waals surface area (Å²) in [6, 6.07) is 0. The second-order valence-electron chi connectivity index (χ2n) is 4.51. The average Bonchev–Trinajstić information content (AvgIpc) is 3.07. The Morgan fingerprint density at radius 3 is 2.90 bits per heavy atom. The van der Waals surface area contributed by atoms with Gasteiger partial charge < -0.3 is 5.32 Å². The average molecular weight is 272 g/mol. The summed E-state index contributed by atoms with van der Waals surface area (Å²) >= 11 is 0. The normalized spacial score (nSPS) is 11.1. The van der Waals surface area contributed by atoms with Gasteiger partial charge in [0, 0.05) is 13.6 Å². The SMILES string of the molecule is CCCNc1nc(Cn2cncn2)nc2c1cnn2C. The predicted octanol–water partition coefficient (Wildman–Crippen LogP) is 0.825. The van der Waals surface area contributed by atoms with E-state index in [9.17, 15) is 0 Å². The molecule has 0 saturated heterocycles. The highest BCUT2D eigenvalue weighted by atomic mass is 15.3. The van der Waals surface area contributed by atoms with Gasteiger partial charge in [-0.05, 0) is 6.42 Å². The molecule has 3 heterocycles. The van der Waals surface area contributed by atoms with E-state index in [1.807, 2.05) is 7.05 Å². The molecule has 0 aliphatic heterocycles. The lowest BCUT2D eigenvalue weighted by Gasteiger charge is -2.08. The van der Waals surface area contributed by atoms with E-state index >= 15 is 0 Å². The van der Waals surface area contributed by atoms with E-state index in [1.165, 1.54) is 6.33 Å².